The predicted molar refractivity (Wildman–Crippen MR) is 73.7 cm³/mol. The van der Waals surface area contributed by atoms with Gasteiger partial charge < -0.3 is 0 Å². The number of halogens is 1. The van der Waals surface area contributed by atoms with E-state index in [0.29, 0.717) is 0 Å². The molecule has 17 heavy (non-hydrogen) atoms. The zero-order valence-electron chi connectivity index (χ0n) is 10.2. The topological polar surface area (TPSA) is 17.8 Å². The van der Waals surface area contributed by atoms with Crippen LogP contribution in [0.4, 0.5) is 0 Å². The van der Waals surface area contributed by atoms with Gasteiger partial charge in [-0.05, 0) is 26.0 Å². The Morgan fingerprint density at radius 3 is 2.41 bits per heavy atom. The Balaban J connectivity index is 2.09. The lowest BCUT2D eigenvalue weighted by Crippen LogP contribution is -1.89. The first-order valence-corrected chi connectivity index (χ1v) is 6.81. The molecule has 2 rings (SSSR count). The SMILES string of the molecule is Cc1ccc(SCc2c(C)nn(C)c2Cl)cc1. The van der Waals surface area contributed by atoms with Crippen LogP contribution < -0.4 is 0 Å². The lowest BCUT2D eigenvalue weighted by atomic mass is 10.2. The summed E-state index contributed by atoms with van der Waals surface area (Å²) in [6.45, 7) is 4.09. The molecule has 1 aromatic heterocycles. The van der Waals surface area contributed by atoms with Crippen molar-refractivity contribution in [2.24, 2.45) is 7.05 Å². The van der Waals surface area contributed by atoms with Crippen molar-refractivity contribution in [3.05, 3.63) is 46.2 Å². The van der Waals surface area contributed by atoms with Crippen LogP contribution in [0.2, 0.25) is 5.15 Å². The van der Waals surface area contributed by atoms with E-state index in [1.807, 2.05) is 14.0 Å². The fourth-order valence-electron chi connectivity index (χ4n) is 1.63. The highest BCUT2D eigenvalue weighted by molar-refractivity contribution is 7.98. The van der Waals surface area contributed by atoms with E-state index in [9.17, 15) is 0 Å². The Morgan fingerprint density at radius 2 is 1.88 bits per heavy atom. The van der Waals surface area contributed by atoms with Crippen LogP contribution in [0.3, 0.4) is 0 Å². The molecule has 0 atom stereocenters. The Kier molecular flexibility index (Phi) is 3.79. The molecule has 2 aromatic rings. The summed E-state index contributed by atoms with van der Waals surface area (Å²) < 4.78 is 1.72. The first-order valence-electron chi connectivity index (χ1n) is 5.45. The van der Waals surface area contributed by atoms with Crippen LogP contribution in [0.15, 0.2) is 29.2 Å². The zero-order valence-corrected chi connectivity index (χ0v) is 11.8. The minimum atomic E-state index is 0.738. The number of benzene rings is 1. The highest BCUT2D eigenvalue weighted by Gasteiger charge is 2.11. The molecule has 0 spiro atoms. The quantitative estimate of drug-likeness (QED) is 0.782. The molecule has 0 unspecified atom stereocenters. The number of hydrogen-bond donors (Lipinski definition) is 0. The fourth-order valence-corrected chi connectivity index (χ4v) is 2.93. The Labute approximate surface area is 111 Å². The van der Waals surface area contributed by atoms with Crippen molar-refractivity contribution >= 4 is 23.4 Å². The van der Waals surface area contributed by atoms with Crippen LogP contribution in [0.25, 0.3) is 0 Å². The average Bonchev–Trinajstić information content (AvgIpc) is 2.54. The maximum atomic E-state index is 6.19. The number of thioether (sulfide) groups is 1. The molecule has 90 valence electrons. The van der Waals surface area contributed by atoms with Crippen molar-refractivity contribution in [2.75, 3.05) is 0 Å². The molecular weight excluding hydrogens is 252 g/mol. The molecule has 0 saturated carbocycles. The maximum absolute atomic E-state index is 6.19. The summed E-state index contributed by atoms with van der Waals surface area (Å²) in [6, 6.07) is 8.53. The highest BCUT2D eigenvalue weighted by atomic mass is 35.5. The van der Waals surface area contributed by atoms with Gasteiger partial charge in [0.1, 0.15) is 5.15 Å². The standard InChI is InChI=1S/C13H15ClN2S/c1-9-4-6-11(7-5-9)17-8-12-10(2)15-16(3)13(12)14/h4-7H,8H2,1-3H3. The lowest BCUT2D eigenvalue weighted by molar-refractivity contribution is 0.757. The van der Waals surface area contributed by atoms with Gasteiger partial charge in [-0.2, -0.15) is 5.10 Å². The summed E-state index contributed by atoms with van der Waals surface area (Å²) in [6.07, 6.45) is 0. The summed E-state index contributed by atoms with van der Waals surface area (Å²) >= 11 is 7.98. The van der Waals surface area contributed by atoms with Gasteiger partial charge >= 0.3 is 0 Å². The Bertz CT molecular complexity index is 517. The van der Waals surface area contributed by atoms with E-state index in [2.05, 4.69) is 36.3 Å². The third-order valence-electron chi connectivity index (χ3n) is 2.67. The third-order valence-corrected chi connectivity index (χ3v) is 4.19. The van der Waals surface area contributed by atoms with Gasteiger partial charge in [-0.3, -0.25) is 4.68 Å². The second-order valence-electron chi connectivity index (χ2n) is 4.08. The number of nitrogens with zero attached hydrogens (tertiary/aromatic N) is 2. The van der Waals surface area contributed by atoms with Crippen molar-refractivity contribution < 1.29 is 0 Å². The monoisotopic (exact) mass is 266 g/mol. The highest BCUT2D eigenvalue weighted by Crippen LogP contribution is 2.28. The van der Waals surface area contributed by atoms with Gasteiger partial charge in [0.15, 0.2) is 0 Å². The molecular formula is C13H15ClN2S. The average molecular weight is 267 g/mol. The first kappa shape index (κ1) is 12.5. The normalized spacial score (nSPS) is 10.8. The maximum Gasteiger partial charge on any atom is 0.131 e. The summed E-state index contributed by atoms with van der Waals surface area (Å²) in [7, 11) is 1.87. The van der Waals surface area contributed by atoms with E-state index in [-0.39, 0.29) is 0 Å². The minimum Gasteiger partial charge on any atom is -0.257 e. The first-order chi connectivity index (χ1) is 8.08. The molecule has 0 fully saturated rings. The van der Waals surface area contributed by atoms with Gasteiger partial charge in [-0.15, -0.1) is 11.8 Å². The molecule has 1 aromatic carbocycles. The number of aryl methyl sites for hydroxylation is 3. The Hall–Kier alpha value is -0.930. The minimum absolute atomic E-state index is 0.738. The number of rotatable bonds is 3. The van der Waals surface area contributed by atoms with Gasteiger partial charge in [0.25, 0.3) is 0 Å². The van der Waals surface area contributed by atoms with Crippen molar-refractivity contribution in [3.8, 4) is 0 Å². The number of aromatic nitrogens is 2. The van der Waals surface area contributed by atoms with Crippen LogP contribution in [0.5, 0.6) is 0 Å². The van der Waals surface area contributed by atoms with Crippen molar-refractivity contribution in [1.29, 1.82) is 0 Å². The second kappa shape index (κ2) is 5.15. The van der Waals surface area contributed by atoms with Gasteiger partial charge in [-0.25, -0.2) is 0 Å². The molecule has 0 amide bonds. The van der Waals surface area contributed by atoms with Gasteiger partial charge in [0.05, 0.1) is 5.69 Å². The van der Waals surface area contributed by atoms with E-state index in [4.69, 9.17) is 11.6 Å². The van der Waals surface area contributed by atoms with Crippen LogP contribution in [0.1, 0.15) is 16.8 Å². The van der Waals surface area contributed by atoms with Gasteiger partial charge in [-0.1, -0.05) is 29.3 Å². The summed E-state index contributed by atoms with van der Waals surface area (Å²) in [5.41, 5.74) is 3.42. The largest absolute Gasteiger partial charge is 0.257 e. The molecule has 0 aliphatic carbocycles. The van der Waals surface area contributed by atoms with Crippen molar-refractivity contribution in [1.82, 2.24) is 9.78 Å². The molecule has 2 nitrogen and oxygen atoms in total. The van der Waals surface area contributed by atoms with E-state index >= 15 is 0 Å². The molecule has 0 aliphatic rings. The van der Waals surface area contributed by atoms with Crippen molar-refractivity contribution in [3.63, 3.8) is 0 Å². The molecule has 0 N–H and O–H groups in total. The Morgan fingerprint density at radius 1 is 1.24 bits per heavy atom. The summed E-state index contributed by atoms with van der Waals surface area (Å²) in [4.78, 5) is 1.26. The van der Waals surface area contributed by atoms with E-state index in [0.717, 1.165) is 22.2 Å². The third kappa shape index (κ3) is 2.85. The molecule has 4 heteroatoms. The van der Waals surface area contributed by atoms with Gasteiger partial charge in [0, 0.05) is 23.3 Å². The van der Waals surface area contributed by atoms with Crippen LogP contribution in [0, 0.1) is 13.8 Å². The predicted octanol–water partition coefficient (Wildman–Crippen LogP) is 3.98. The molecule has 0 aliphatic heterocycles. The second-order valence-corrected chi connectivity index (χ2v) is 5.49. The molecule has 1 heterocycles. The fraction of sp³-hybridized carbons (Fsp3) is 0.308. The number of hydrogen-bond acceptors (Lipinski definition) is 2. The smallest absolute Gasteiger partial charge is 0.131 e. The van der Waals surface area contributed by atoms with Crippen LogP contribution in [-0.2, 0) is 12.8 Å². The molecule has 0 saturated heterocycles. The molecule has 0 radical (unpaired) electrons. The van der Waals surface area contributed by atoms with E-state index in [1.165, 1.54) is 10.5 Å². The lowest BCUT2D eigenvalue weighted by Gasteiger charge is -2.02. The van der Waals surface area contributed by atoms with E-state index in [1.54, 1.807) is 16.4 Å². The van der Waals surface area contributed by atoms with Gasteiger partial charge in [0.2, 0.25) is 0 Å². The van der Waals surface area contributed by atoms with Crippen molar-refractivity contribution in [2.45, 2.75) is 24.5 Å². The zero-order chi connectivity index (χ0) is 12.4. The summed E-state index contributed by atoms with van der Waals surface area (Å²) in [5.74, 6) is 0.863. The summed E-state index contributed by atoms with van der Waals surface area (Å²) in [5, 5.41) is 5.05. The van der Waals surface area contributed by atoms with Crippen LogP contribution in [-0.4, -0.2) is 9.78 Å². The molecule has 0 bridgehead atoms. The van der Waals surface area contributed by atoms with Crippen LogP contribution >= 0.6 is 23.4 Å². The van der Waals surface area contributed by atoms with E-state index < -0.39 is 0 Å².